The van der Waals surface area contributed by atoms with Crippen molar-refractivity contribution in [1.82, 2.24) is 4.98 Å². The largest absolute Gasteiger partial charge is 0.243 e. The summed E-state index contributed by atoms with van der Waals surface area (Å²) < 4.78 is 4.07. The Morgan fingerprint density at radius 3 is 1.86 bits per heavy atom. The third-order valence-electron chi connectivity index (χ3n) is 5.31. The molecule has 0 saturated carbocycles. The van der Waals surface area contributed by atoms with E-state index < -0.39 is 0 Å². The zero-order chi connectivity index (χ0) is 18.5. The van der Waals surface area contributed by atoms with Gasteiger partial charge < -0.3 is 0 Å². The molecule has 0 unspecified atom stereocenters. The molecule has 28 heavy (non-hydrogen) atoms. The standard InChI is InChI=1S/C13H10.C11H5NS3/c1-3-7-12-10(5-1)9-11-6-2-4-8-13(11)12;1-3-13-9-6-2-4-14-10(6)8-11(7(1)9)15-5-12-8/h1-8H,9H2;1-5H. The van der Waals surface area contributed by atoms with Gasteiger partial charge in [0.2, 0.25) is 0 Å². The van der Waals surface area contributed by atoms with Crippen LogP contribution in [0.15, 0.2) is 76.9 Å². The zero-order valence-electron chi connectivity index (χ0n) is 14.9. The molecular formula is C24H15NS3. The van der Waals surface area contributed by atoms with Gasteiger partial charge in [0.1, 0.15) is 0 Å². The predicted molar refractivity (Wildman–Crippen MR) is 125 cm³/mol. The lowest BCUT2D eigenvalue weighted by molar-refractivity contribution is 1.26. The average Bonchev–Trinajstić information content (AvgIpc) is 3.52. The van der Waals surface area contributed by atoms with Gasteiger partial charge in [0.05, 0.1) is 20.4 Å². The first-order chi connectivity index (χ1) is 13.9. The molecule has 0 amide bonds. The minimum absolute atomic E-state index is 1.10. The Morgan fingerprint density at radius 2 is 1.18 bits per heavy atom. The quantitative estimate of drug-likeness (QED) is 0.245. The molecule has 0 spiro atoms. The van der Waals surface area contributed by atoms with Crippen LogP contribution in [-0.4, -0.2) is 4.98 Å². The van der Waals surface area contributed by atoms with Crippen molar-refractivity contribution in [3.63, 3.8) is 0 Å². The second-order valence-electron chi connectivity index (χ2n) is 6.85. The smallest absolute Gasteiger partial charge is 0.0997 e. The molecule has 134 valence electrons. The molecule has 0 saturated heterocycles. The van der Waals surface area contributed by atoms with Crippen molar-refractivity contribution in [2.75, 3.05) is 0 Å². The number of nitrogens with zero attached hydrogens (tertiary/aromatic N) is 1. The summed E-state index contributed by atoms with van der Waals surface area (Å²) in [5, 5.41) is 7.05. The number of thiazole rings is 1. The van der Waals surface area contributed by atoms with E-state index in [9.17, 15) is 0 Å². The molecule has 0 radical (unpaired) electrons. The minimum atomic E-state index is 1.10. The van der Waals surface area contributed by atoms with E-state index in [1.165, 1.54) is 52.6 Å². The van der Waals surface area contributed by atoms with E-state index in [-0.39, 0.29) is 0 Å². The second kappa shape index (κ2) is 6.52. The summed E-state index contributed by atoms with van der Waals surface area (Å²) in [6.45, 7) is 0. The first-order valence-electron chi connectivity index (χ1n) is 9.16. The van der Waals surface area contributed by atoms with Gasteiger partial charge in [-0.05, 0) is 51.6 Å². The molecule has 0 N–H and O–H groups in total. The summed E-state index contributed by atoms with van der Waals surface area (Å²) in [7, 11) is 0. The molecule has 7 rings (SSSR count). The van der Waals surface area contributed by atoms with Crippen molar-refractivity contribution in [1.29, 1.82) is 0 Å². The normalized spacial score (nSPS) is 12.1. The summed E-state index contributed by atoms with van der Waals surface area (Å²) in [5.74, 6) is 0. The monoisotopic (exact) mass is 413 g/mol. The molecular weight excluding hydrogens is 398 g/mol. The highest BCUT2D eigenvalue weighted by molar-refractivity contribution is 7.24. The maximum absolute atomic E-state index is 4.48. The number of thiophene rings is 2. The highest BCUT2D eigenvalue weighted by Crippen LogP contribution is 2.41. The Balaban J connectivity index is 0.000000112. The topological polar surface area (TPSA) is 12.9 Å². The molecule has 1 aliphatic rings. The lowest BCUT2D eigenvalue weighted by atomic mass is 10.1. The summed E-state index contributed by atoms with van der Waals surface area (Å²) in [6.07, 6.45) is 1.10. The molecule has 4 heteroatoms. The van der Waals surface area contributed by atoms with Gasteiger partial charge in [-0.3, -0.25) is 0 Å². The first-order valence-corrected chi connectivity index (χ1v) is 11.8. The van der Waals surface area contributed by atoms with Crippen LogP contribution >= 0.6 is 34.0 Å². The maximum Gasteiger partial charge on any atom is 0.0997 e. The van der Waals surface area contributed by atoms with E-state index in [1.807, 2.05) is 16.8 Å². The van der Waals surface area contributed by atoms with Crippen LogP contribution < -0.4 is 0 Å². The summed E-state index contributed by atoms with van der Waals surface area (Å²) >= 11 is 5.36. The van der Waals surface area contributed by atoms with Crippen molar-refractivity contribution in [3.05, 3.63) is 88.1 Å². The van der Waals surface area contributed by atoms with Crippen molar-refractivity contribution in [2.24, 2.45) is 0 Å². The Labute approximate surface area is 174 Å². The summed E-state index contributed by atoms with van der Waals surface area (Å²) in [5.41, 5.74) is 8.88. The lowest BCUT2D eigenvalue weighted by Crippen LogP contribution is -1.77. The van der Waals surface area contributed by atoms with Crippen LogP contribution in [0.4, 0.5) is 0 Å². The van der Waals surface area contributed by atoms with Crippen LogP contribution in [0.25, 0.3) is 41.5 Å². The molecule has 3 aromatic carbocycles. The number of hydrogen-bond donors (Lipinski definition) is 0. The first kappa shape index (κ1) is 16.4. The van der Waals surface area contributed by atoms with Crippen molar-refractivity contribution < 1.29 is 0 Å². The molecule has 0 atom stereocenters. The second-order valence-corrected chi connectivity index (χ2v) is 9.53. The van der Waals surface area contributed by atoms with E-state index in [0.29, 0.717) is 0 Å². The van der Waals surface area contributed by atoms with Crippen LogP contribution in [0.5, 0.6) is 0 Å². The summed E-state index contributed by atoms with van der Waals surface area (Å²) in [6, 6.07) is 21.7. The van der Waals surface area contributed by atoms with E-state index in [4.69, 9.17) is 0 Å². The minimum Gasteiger partial charge on any atom is -0.243 e. The SMILES string of the molecule is c1cc2c(s1)c1ccsc1c1ncsc21.c1ccc2c(c1)Cc1ccccc1-2. The fourth-order valence-corrected chi connectivity index (χ4v) is 6.91. The van der Waals surface area contributed by atoms with Crippen molar-refractivity contribution >= 4 is 64.4 Å². The number of hydrogen-bond acceptors (Lipinski definition) is 4. The van der Waals surface area contributed by atoms with Crippen LogP contribution in [0.1, 0.15) is 11.1 Å². The van der Waals surface area contributed by atoms with Crippen LogP contribution in [0.3, 0.4) is 0 Å². The van der Waals surface area contributed by atoms with E-state index in [2.05, 4.69) is 76.4 Å². The molecule has 3 heterocycles. The molecule has 1 aliphatic carbocycles. The van der Waals surface area contributed by atoms with Crippen molar-refractivity contribution in [3.8, 4) is 11.1 Å². The van der Waals surface area contributed by atoms with Gasteiger partial charge in [0, 0.05) is 15.5 Å². The molecule has 0 aliphatic heterocycles. The number of fused-ring (bicyclic) bond motifs is 9. The van der Waals surface area contributed by atoms with Crippen LogP contribution in [0.2, 0.25) is 0 Å². The Morgan fingerprint density at radius 1 is 0.607 bits per heavy atom. The molecule has 3 aromatic heterocycles. The molecule has 1 nitrogen and oxygen atoms in total. The van der Waals surface area contributed by atoms with Gasteiger partial charge in [-0.25, -0.2) is 4.98 Å². The molecule has 0 bridgehead atoms. The highest BCUT2D eigenvalue weighted by Gasteiger charge is 2.16. The molecule has 6 aromatic rings. The Kier molecular flexibility index (Phi) is 3.82. The maximum atomic E-state index is 4.48. The van der Waals surface area contributed by atoms with Crippen molar-refractivity contribution in [2.45, 2.75) is 6.42 Å². The van der Waals surface area contributed by atoms with E-state index in [0.717, 1.165) is 6.42 Å². The van der Waals surface area contributed by atoms with E-state index >= 15 is 0 Å². The Hall–Kier alpha value is -2.53. The highest BCUT2D eigenvalue weighted by atomic mass is 32.1. The van der Waals surface area contributed by atoms with Gasteiger partial charge in [-0.2, -0.15) is 0 Å². The fourth-order valence-electron chi connectivity index (χ4n) is 4.05. The van der Waals surface area contributed by atoms with Gasteiger partial charge in [0.15, 0.2) is 0 Å². The third-order valence-corrected chi connectivity index (χ3v) is 8.04. The number of aromatic nitrogens is 1. The fraction of sp³-hybridized carbons (Fsp3) is 0.0417. The average molecular weight is 414 g/mol. The van der Waals surface area contributed by atoms with Crippen LogP contribution in [-0.2, 0) is 6.42 Å². The van der Waals surface area contributed by atoms with Gasteiger partial charge in [0.25, 0.3) is 0 Å². The Bertz CT molecular complexity index is 1210. The van der Waals surface area contributed by atoms with Crippen LogP contribution in [0, 0.1) is 0 Å². The third kappa shape index (κ3) is 2.46. The zero-order valence-corrected chi connectivity index (χ0v) is 17.3. The molecule has 0 fully saturated rings. The summed E-state index contributed by atoms with van der Waals surface area (Å²) in [4.78, 5) is 4.48. The van der Waals surface area contributed by atoms with Gasteiger partial charge in [-0.1, -0.05) is 48.5 Å². The van der Waals surface area contributed by atoms with Gasteiger partial charge >= 0.3 is 0 Å². The predicted octanol–water partition coefficient (Wildman–Crippen LogP) is 7.98. The lowest BCUT2D eigenvalue weighted by Gasteiger charge is -1.98. The number of benzene rings is 3. The van der Waals surface area contributed by atoms with E-state index in [1.54, 1.807) is 22.7 Å². The van der Waals surface area contributed by atoms with Gasteiger partial charge in [-0.15, -0.1) is 34.0 Å². The number of rotatable bonds is 0.